The Labute approximate surface area is 74.0 Å². The van der Waals surface area contributed by atoms with Crippen LogP contribution in [0.15, 0.2) is 0 Å². The SMILES string of the molecule is CC(C)(O)[C@@H]1CCCN(CO)C1. The lowest BCUT2D eigenvalue weighted by atomic mass is 9.84. The lowest BCUT2D eigenvalue weighted by molar-refractivity contribution is -0.0348. The Morgan fingerprint density at radius 1 is 1.50 bits per heavy atom. The molecule has 0 aromatic rings. The molecule has 3 nitrogen and oxygen atoms in total. The van der Waals surface area contributed by atoms with Crippen LogP contribution in [0.2, 0.25) is 0 Å². The lowest BCUT2D eigenvalue weighted by Gasteiger charge is -2.37. The quantitative estimate of drug-likeness (QED) is 0.636. The second-order valence-corrected chi connectivity index (χ2v) is 4.21. The van der Waals surface area contributed by atoms with Crippen molar-refractivity contribution in [2.75, 3.05) is 19.8 Å². The summed E-state index contributed by atoms with van der Waals surface area (Å²) in [4.78, 5) is 1.98. The zero-order valence-corrected chi connectivity index (χ0v) is 7.95. The molecule has 12 heavy (non-hydrogen) atoms. The van der Waals surface area contributed by atoms with Crippen molar-refractivity contribution in [2.45, 2.75) is 32.3 Å². The van der Waals surface area contributed by atoms with E-state index in [9.17, 15) is 5.11 Å². The van der Waals surface area contributed by atoms with Crippen molar-refractivity contribution in [1.29, 1.82) is 0 Å². The summed E-state index contributed by atoms with van der Waals surface area (Å²) < 4.78 is 0. The molecular weight excluding hydrogens is 154 g/mol. The van der Waals surface area contributed by atoms with E-state index in [0.29, 0.717) is 5.92 Å². The first-order valence-corrected chi connectivity index (χ1v) is 4.59. The smallest absolute Gasteiger partial charge is 0.0956 e. The number of aliphatic hydroxyl groups is 2. The van der Waals surface area contributed by atoms with Gasteiger partial charge in [0.1, 0.15) is 0 Å². The number of hydrogen-bond donors (Lipinski definition) is 2. The van der Waals surface area contributed by atoms with E-state index in [1.165, 1.54) is 0 Å². The number of hydrogen-bond acceptors (Lipinski definition) is 3. The van der Waals surface area contributed by atoms with Crippen LogP contribution >= 0.6 is 0 Å². The first-order chi connectivity index (χ1) is 5.54. The summed E-state index contributed by atoms with van der Waals surface area (Å²) in [5, 5.41) is 18.7. The summed E-state index contributed by atoms with van der Waals surface area (Å²) in [6.07, 6.45) is 2.15. The molecule has 1 saturated heterocycles. The molecule has 0 radical (unpaired) electrons. The summed E-state index contributed by atoms with van der Waals surface area (Å²) in [5.74, 6) is 0.304. The third-order valence-corrected chi connectivity index (χ3v) is 2.70. The normalized spacial score (nSPS) is 27.5. The number of piperidine rings is 1. The Morgan fingerprint density at radius 2 is 2.17 bits per heavy atom. The van der Waals surface area contributed by atoms with Gasteiger partial charge in [0.2, 0.25) is 0 Å². The molecule has 3 heteroatoms. The fourth-order valence-electron chi connectivity index (χ4n) is 1.76. The average Bonchev–Trinajstić information content (AvgIpc) is 2.03. The van der Waals surface area contributed by atoms with Crippen molar-refractivity contribution < 1.29 is 10.2 Å². The third-order valence-electron chi connectivity index (χ3n) is 2.70. The van der Waals surface area contributed by atoms with Gasteiger partial charge in [-0.1, -0.05) is 0 Å². The predicted molar refractivity (Wildman–Crippen MR) is 47.7 cm³/mol. The second-order valence-electron chi connectivity index (χ2n) is 4.21. The van der Waals surface area contributed by atoms with Crippen LogP contribution in [0.3, 0.4) is 0 Å². The van der Waals surface area contributed by atoms with Gasteiger partial charge in [0.15, 0.2) is 0 Å². The van der Waals surface area contributed by atoms with Crippen LogP contribution in [0.1, 0.15) is 26.7 Å². The lowest BCUT2D eigenvalue weighted by Crippen LogP contribution is -2.44. The van der Waals surface area contributed by atoms with Gasteiger partial charge in [-0.2, -0.15) is 0 Å². The maximum Gasteiger partial charge on any atom is 0.0956 e. The van der Waals surface area contributed by atoms with Crippen LogP contribution in [0.5, 0.6) is 0 Å². The molecule has 0 spiro atoms. The molecule has 0 unspecified atom stereocenters. The van der Waals surface area contributed by atoms with Crippen LogP contribution in [0.4, 0.5) is 0 Å². The van der Waals surface area contributed by atoms with Gasteiger partial charge < -0.3 is 10.2 Å². The van der Waals surface area contributed by atoms with Crippen molar-refractivity contribution in [2.24, 2.45) is 5.92 Å². The molecule has 1 atom stereocenters. The summed E-state index contributed by atoms with van der Waals surface area (Å²) >= 11 is 0. The highest BCUT2D eigenvalue weighted by atomic mass is 16.3. The summed E-state index contributed by atoms with van der Waals surface area (Å²) in [6, 6.07) is 0. The predicted octanol–water partition coefficient (Wildman–Crippen LogP) is 0.419. The van der Waals surface area contributed by atoms with Gasteiger partial charge in [-0.3, -0.25) is 4.90 Å². The minimum Gasteiger partial charge on any atom is -0.390 e. The Kier molecular flexibility index (Phi) is 3.09. The van der Waals surface area contributed by atoms with Crippen LogP contribution in [0.25, 0.3) is 0 Å². The fraction of sp³-hybridized carbons (Fsp3) is 1.00. The molecule has 2 N–H and O–H groups in total. The first-order valence-electron chi connectivity index (χ1n) is 4.59. The summed E-state index contributed by atoms with van der Waals surface area (Å²) in [5.41, 5.74) is -0.603. The van der Waals surface area contributed by atoms with Crippen LogP contribution in [-0.2, 0) is 0 Å². The van der Waals surface area contributed by atoms with Gasteiger partial charge >= 0.3 is 0 Å². The Morgan fingerprint density at radius 3 is 2.67 bits per heavy atom. The topological polar surface area (TPSA) is 43.7 Å². The summed E-state index contributed by atoms with van der Waals surface area (Å²) in [6.45, 7) is 5.59. The standard InChI is InChI=1S/C9H19NO2/c1-9(2,12)8-4-3-5-10(6-8)7-11/h8,11-12H,3-7H2,1-2H3/t8-/m1/s1. The van der Waals surface area contributed by atoms with Crippen molar-refractivity contribution in [3.8, 4) is 0 Å². The maximum atomic E-state index is 9.75. The first kappa shape index (κ1) is 9.96. The minimum absolute atomic E-state index is 0.118. The van der Waals surface area contributed by atoms with E-state index in [2.05, 4.69) is 0 Å². The molecular formula is C9H19NO2. The van der Waals surface area contributed by atoms with E-state index in [1.54, 1.807) is 0 Å². The zero-order valence-electron chi connectivity index (χ0n) is 7.95. The molecule has 0 aromatic heterocycles. The number of nitrogens with zero attached hydrogens (tertiary/aromatic N) is 1. The van der Waals surface area contributed by atoms with Crippen LogP contribution in [-0.4, -0.2) is 40.5 Å². The van der Waals surface area contributed by atoms with Crippen molar-refractivity contribution in [3.05, 3.63) is 0 Å². The van der Waals surface area contributed by atoms with Gasteiger partial charge in [-0.15, -0.1) is 0 Å². The van der Waals surface area contributed by atoms with Crippen molar-refractivity contribution >= 4 is 0 Å². The number of likely N-dealkylation sites (tertiary alicyclic amines) is 1. The van der Waals surface area contributed by atoms with Crippen LogP contribution in [0, 0.1) is 5.92 Å². The second kappa shape index (κ2) is 3.73. The molecule has 72 valence electrons. The molecule has 1 fully saturated rings. The highest BCUT2D eigenvalue weighted by Crippen LogP contribution is 2.26. The van der Waals surface area contributed by atoms with Gasteiger partial charge in [0.25, 0.3) is 0 Å². The van der Waals surface area contributed by atoms with Gasteiger partial charge in [0, 0.05) is 13.1 Å². The minimum atomic E-state index is -0.603. The van der Waals surface area contributed by atoms with Crippen LogP contribution < -0.4 is 0 Å². The fourth-order valence-corrected chi connectivity index (χ4v) is 1.76. The maximum absolute atomic E-state index is 9.75. The van der Waals surface area contributed by atoms with E-state index in [0.717, 1.165) is 25.9 Å². The Balaban J connectivity index is 2.46. The number of aliphatic hydroxyl groups excluding tert-OH is 1. The molecule has 0 saturated carbocycles. The molecule has 1 aliphatic rings. The molecule has 1 heterocycles. The molecule has 1 aliphatic heterocycles. The molecule has 1 rings (SSSR count). The van der Waals surface area contributed by atoms with Crippen molar-refractivity contribution in [3.63, 3.8) is 0 Å². The van der Waals surface area contributed by atoms with E-state index in [1.807, 2.05) is 18.7 Å². The monoisotopic (exact) mass is 173 g/mol. The van der Waals surface area contributed by atoms with Gasteiger partial charge in [0.05, 0.1) is 12.3 Å². The highest BCUT2D eigenvalue weighted by molar-refractivity contribution is 4.83. The molecule has 0 aromatic carbocycles. The zero-order chi connectivity index (χ0) is 9.19. The molecule has 0 aliphatic carbocycles. The highest BCUT2D eigenvalue weighted by Gasteiger charge is 2.30. The molecule has 0 bridgehead atoms. The van der Waals surface area contributed by atoms with E-state index in [-0.39, 0.29) is 6.73 Å². The van der Waals surface area contributed by atoms with Crippen molar-refractivity contribution in [1.82, 2.24) is 4.90 Å². The van der Waals surface area contributed by atoms with E-state index < -0.39 is 5.60 Å². The largest absolute Gasteiger partial charge is 0.390 e. The third kappa shape index (κ3) is 2.44. The van der Waals surface area contributed by atoms with E-state index in [4.69, 9.17) is 5.11 Å². The summed E-state index contributed by atoms with van der Waals surface area (Å²) in [7, 11) is 0. The number of rotatable bonds is 2. The average molecular weight is 173 g/mol. The van der Waals surface area contributed by atoms with Gasteiger partial charge in [-0.25, -0.2) is 0 Å². The molecule has 0 amide bonds. The van der Waals surface area contributed by atoms with Gasteiger partial charge in [-0.05, 0) is 32.6 Å². The Bertz CT molecular complexity index is 142. The Hall–Kier alpha value is -0.120. The van der Waals surface area contributed by atoms with E-state index >= 15 is 0 Å².